The van der Waals surface area contributed by atoms with E-state index in [4.69, 9.17) is 11.6 Å². The van der Waals surface area contributed by atoms with E-state index >= 15 is 0 Å². The highest BCUT2D eigenvalue weighted by Crippen LogP contribution is 2.20. The number of pyridine rings is 1. The Labute approximate surface area is 126 Å². The van der Waals surface area contributed by atoms with Crippen LogP contribution in [0, 0.1) is 0 Å². The number of nitrogens with one attached hydrogen (secondary N) is 1. The van der Waals surface area contributed by atoms with Crippen molar-refractivity contribution < 1.29 is 5.11 Å². The van der Waals surface area contributed by atoms with Crippen molar-refractivity contribution in [1.82, 2.24) is 4.98 Å². The molecule has 2 N–H and O–H groups in total. The Morgan fingerprint density at radius 1 is 1.10 bits per heavy atom. The Hall–Kier alpha value is -2.59. The van der Waals surface area contributed by atoms with Crippen LogP contribution >= 0.6 is 11.6 Å². The van der Waals surface area contributed by atoms with Gasteiger partial charge in [0.25, 0.3) is 0 Å². The lowest BCUT2D eigenvalue weighted by atomic mass is 10.2. The fourth-order valence-electron chi connectivity index (χ4n) is 1.93. The molecule has 4 nitrogen and oxygen atoms in total. The van der Waals surface area contributed by atoms with Gasteiger partial charge in [-0.3, -0.25) is 5.43 Å². The summed E-state index contributed by atoms with van der Waals surface area (Å²) in [6.45, 7) is 0. The van der Waals surface area contributed by atoms with Crippen LogP contribution in [-0.2, 0) is 0 Å². The van der Waals surface area contributed by atoms with Gasteiger partial charge in [-0.2, -0.15) is 5.10 Å². The Morgan fingerprint density at radius 2 is 1.95 bits per heavy atom. The van der Waals surface area contributed by atoms with E-state index in [-0.39, 0.29) is 5.75 Å². The van der Waals surface area contributed by atoms with Crippen LogP contribution < -0.4 is 5.43 Å². The summed E-state index contributed by atoms with van der Waals surface area (Å²) < 4.78 is 0. The summed E-state index contributed by atoms with van der Waals surface area (Å²) in [5, 5.41) is 15.4. The molecule has 0 amide bonds. The summed E-state index contributed by atoms with van der Waals surface area (Å²) in [5.41, 5.74) is 4.27. The second kappa shape index (κ2) is 5.81. The van der Waals surface area contributed by atoms with Crippen LogP contribution in [0.2, 0.25) is 5.02 Å². The summed E-state index contributed by atoms with van der Waals surface area (Å²) in [4.78, 5) is 4.43. The van der Waals surface area contributed by atoms with Gasteiger partial charge in [-0.25, -0.2) is 4.98 Å². The van der Waals surface area contributed by atoms with Crippen LogP contribution in [0.4, 0.5) is 5.82 Å². The molecule has 1 heterocycles. The number of nitrogens with zero attached hydrogens (tertiary/aromatic N) is 2. The lowest BCUT2D eigenvalue weighted by Gasteiger charge is -2.02. The first kappa shape index (κ1) is 13.4. The van der Waals surface area contributed by atoms with Crippen molar-refractivity contribution in [1.29, 1.82) is 0 Å². The molecule has 0 fully saturated rings. The number of hydrogen-bond acceptors (Lipinski definition) is 4. The van der Waals surface area contributed by atoms with Crippen LogP contribution in [0.3, 0.4) is 0 Å². The van der Waals surface area contributed by atoms with Crippen LogP contribution in [0.25, 0.3) is 10.9 Å². The quantitative estimate of drug-likeness (QED) is 0.566. The number of phenols is 1. The molecule has 0 bridgehead atoms. The molecule has 0 aliphatic rings. The number of halogens is 1. The lowest BCUT2D eigenvalue weighted by molar-refractivity contribution is 0.474. The minimum atomic E-state index is 0.122. The summed E-state index contributed by atoms with van der Waals surface area (Å²) in [5.74, 6) is 0.753. The second-order valence-corrected chi connectivity index (χ2v) is 4.90. The standard InChI is InChI=1S/C16H12ClN3O/c17-13-6-7-15(21)12(9-13)10-18-20-16-8-5-11-3-1-2-4-14(11)19-16/h1-10,21H,(H,19,20). The molecular weight excluding hydrogens is 286 g/mol. The van der Waals surface area contributed by atoms with Crippen molar-refractivity contribution in [2.75, 3.05) is 5.43 Å². The number of aromatic hydroxyl groups is 1. The van der Waals surface area contributed by atoms with Crippen molar-refractivity contribution in [3.05, 3.63) is 65.2 Å². The zero-order chi connectivity index (χ0) is 14.7. The molecule has 0 saturated carbocycles. The third-order valence-electron chi connectivity index (χ3n) is 2.97. The Kier molecular flexibility index (Phi) is 3.71. The number of phenolic OH excluding ortho intramolecular Hbond substituents is 1. The van der Waals surface area contributed by atoms with Gasteiger partial charge in [0.15, 0.2) is 0 Å². The van der Waals surface area contributed by atoms with Gasteiger partial charge in [-0.15, -0.1) is 0 Å². The summed E-state index contributed by atoms with van der Waals surface area (Å²) in [6, 6.07) is 16.4. The van der Waals surface area contributed by atoms with E-state index in [1.54, 1.807) is 12.1 Å². The van der Waals surface area contributed by atoms with E-state index in [9.17, 15) is 5.11 Å². The van der Waals surface area contributed by atoms with Crippen LogP contribution in [0.5, 0.6) is 5.75 Å². The number of benzene rings is 2. The fraction of sp³-hybridized carbons (Fsp3) is 0. The number of rotatable bonds is 3. The van der Waals surface area contributed by atoms with Crippen LogP contribution in [-0.4, -0.2) is 16.3 Å². The minimum absolute atomic E-state index is 0.122. The van der Waals surface area contributed by atoms with Crippen molar-refractivity contribution >= 4 is 34.5 Å². The Bertz CT molecular complexity index is 817. The van der Waals surface area contributed by atoms with Gasteiger partial charge < -0.3 is 5.11 Å². The van der Waals surface area contributed by atoms with E-state index < -0.39 is 0 Å². The molecule has 0 spiro atoms. The topological polar surface area (TPSA) is 57.5 Å². The second-order valence-electron chi connectivity index (χ2n) is 4.46. The maximum atomic E-state index is 9.68. The van der Waals surface area contributed by atoms with E-state index in [1.807, 2.05) is 36.4 Å². The largest absolute Gasteiger partial charge is 0.507 e. The molecule has 2 aromatic carbocycles. The summed E-state index contributed by atoms with van der Waals surface area (Å²) in [6.07, 6.45) is 1.50. The van der Waals surface area contributed by atoms with E-state index in [2.05, 4.69) is 15.5 Å². The zero-order valence-corrected chi connectivity index (χ0v) is 11.7. The number of anilines is 1. The van der Waals surface area contributed by atoms with Gasteiger partial charge in [-0.05, 0) is 36.4 Å². The van der Waals surface area contributed by atoms with Crippen molar-refractivity contribution in [3.63, 3.8) is 0 Å². The zero-order valence-electron chi connectivity index (χ0n) is 11.0. The number of hydrazone groups is 1. The van der Waals surface area contributed by atoms with Crippen molar-refractivity contribution in [3.8, 4) is 5.75 Å². The third-order valence-corrected chi connectivity index (χ3v) is 3.21. The predicted molar refractivity (Wildman–Crippen MR) is 86.1 cm³/mol. The first-order valence-corrected chi connectivity index (χ1v) is 6.73. The van der Waals surface area contributed by atoms with Gasteiger partial charge in [0.05, 0.1) is 11.7 Å². The van der Waals surface area contributed by atoms with Crippen LogP contribution in [0.1, 0.15) is 5.56 Å². The molecule has 0 atom stereocenters. The van der Waals surface area contributed by atoms with Crippen molar-refractivity contribution in [2.45, 2.75) is 0 Å². The number of fused-ring (bicyclic) bond motifs is 1. The maximum Gasteiger partial charge on any atom is 0.146 e. The normalized spacial score (nSPS) is 11.1. The summed E-state index contributed by atoms with van der Waals surface area (Å²) in [7, 11) is 0. The molecule has 3 rings (SSSR count). The highest BCUT2D eigenvalue weighted by molar-refractivity contribution is 6.30. The predicted octanol–water partition coefficient (Wildman–Crippen LogP) is 4.04. The van der Waals surface area contributed by atoms with E-state index in [0.717, 1.165) is 10.9 Å². The van der Waals surface area contributed by atoms with Gasteiger partial charge in [0, 0.05) is 16.0 Å². The van der Waals surface area contributed by atoms with Gasteiger partial charge in [0.2, 0.25) is 0 Å². The molecule has 0 saturated heterocycles. The Morgan fingerprint density at radius 3 is 2.86 bits per heavy atom. The smallest absolute Gasteiger partial charge is 0.146 e. The first-order valence-electron chi connectivity index (χ1n) is 6.36. The molecule has 0 radical (unpaired) electrons. The van der Waals surface area contributed by atoms with Crippen molar-refractivity contribution in [2.24, 2.45) is 5.10 Å². The number of hydrogen-bond donors (Lipinski definition) is 2. The molecule has 5 heteroatoms. The molecular formula is C16H12ClN3O. The highest BCUT2D eigenvalue weighted by atomic mass is 35.5. The molecule has 0 unspecified atom stereocenters. The van der Waals surface area contributed by atoms with Gasteiger partial charge in [-0.1, -0.05) is 29.8 Å². The average Bonchev–Trinajstić information content (AvgIpc) is 2.50. The Balaban J connectivity index is 1.79. The first-order chi connectivity index (χ1) is 10.2. The monoisotopic (exact) mass is 297 g/mol. The number of aromatic nitrogens is 1. The van der Waals surface area contributed by atoms with Gasteiger partial charge >= 0.3 is 0 Å². The minimum Gasteiger partial charge on any atom is -0.507 e. The lowest BCUT2D eigenvalue weighted by Crippen LogP contribution is -1.94. The fourth-order valence-corrected chi connectivity index (χ4v) is 2.11. The maximum absolute atomic E-state index is 9.68. The average molecular weight is 298 g/mol. The van der Waals surface area contributed by atoms with Crippen LogP contribution in [0.15, 0.2) is 59.7 Å². The number of para-hydroxylation sites is 1. The molecule has 1 aromatic heterocycles. The molecule has 21 heavy (non-hydrogen) atoms. The third kappa shape index (κ3) is 3.12. The van der Waals surface area contributed by atoms with Gasteiger partial charge in [0.1, 0.15) is 11.6 Å². The van der Waals surface area contributed by atoms with E-state index in [1.165, 1.54) is 12.3 Å². The molecule has 0 aliphatic heterocycles. The molecule has 104 valence electrons. The van der Waals surface area contributed by atoms with E-state index in [0.29, 0.717) is 16.4 Å². The SMILES string of the molecule is Oc1ccc(Cl)cc1C=NNc1ccc2ccccc2n1. The molecule has 3 aromatic rings. The molecule has 0 aliphatic carbocycles. The highest BCUT2D eigenvalue weighted by Gasteiger charge is 1.99. The summed E-state index contributed by atoms with van der Waals surface area (Å²) >= 11 is 5.87.